The Balaban J connectivity index is 1.72. The Labute approximate surface area is 173 Å². The first-order chi connectivity index (χ1) is 13.7. The molecule has 0 N–H and O–H groups in total. The molecule has 2 aromatic rings. The molecule has 0 saturated heterocycles. The molecule has 0 spiro atoms. The lowest BCUT2D eigenvalue weighted by atomic mass is 10.2. The van der Waals surface area contributed by atoms with E-state index >= 15 is 0 Å². The van der Waals surface area contributed by atoms with Crippen molar-refractivity contribution in [1.82, 2.24) is 9.21 Å². The van der Waals surface area contributed by atoms with Crippen LogP contribution in [0, 0.1) is 5.92 Å². The lowest BCUT2D eigenvalue weighted by Gasteiger charge is -2.23. The molecule has 0 aromatic heterocycles. The summed E-state index contributed by atoms with van der Waals surface area (Å²) in [5, 5.41) is 0. The van der Waals surface area contributed by atoms with E-state index in [9.17, 15) is 4.21 Å². The predicted octanol–water partition coefficient (Wildman–Crippen LogP) is 5.24. The van der Waals surface area contributed by atoms with Crippen molar-refractivity contribution in [3.63, 3.8) is 0 Å². The highest BCUT2D eigenvalue weighted by atomic mass is 32.2. The lowest BCUT2D eigenvalue weighted by molar-refractivity contribution is 0.266. The summed E-state index contributed by atoms with van der Waals surface area (Å²) in [4.78, 5) is 3.43. The van der Waals surface area contributed by atoms with Gasteiger partial charge in [0, 0.05) is 19.6 Å². The van der Waals surface area contributed by atoms with Crippen molar-refractivity contribution < 1.29 is 4.21 Å². The second-order valence-electron chi connectivity index (χ2n) is 7.92. The molecule has 4 heteroatoms. The van der Waals surface area contributed by atoms with Gasteiger partial charge in [0.1, 0.15) is 11.0 Å². The normalized spacial score (nSPS) is 15.3. The van der Waals surface area contributed by atoms with E-state index in [0.717, 1.165) is 50.5 Å². The zero-order valence-electron chi connectivity index (χ0n) is 17.3. The molecule has 152 valence electrons. The SMILES string of the molecule is CCCN(CCC)Cc1cccc(S(=O)N(Cc2ccccc2)CC2CC2)c1. The maximum Gasteiger partial charge on any atom is 0.127 e. The molecule has 1 aliphatic rings. The van der Waals surface area contributed by atoms with Crippen LogP contribution in [-0.2, 0) is 24.1 Å². The summed E-state index contributed by atoms with van der Waals surface area (Å²) >= 11 is 0. The number of benzene rings is 2. The highest BCUT2D eigenvalue weighted by Gasteiger charge is 2.27. The molecule has 1 fully saturated rings. The summed E-state index contributed by atoms with van der Waals surface area (Å²) in [6.45, 7) is 9.29. The first-order valence-electron chi connectivity index (χ1n) is 10.7. The van der Waals surface area contributed by atoms with Crippen LogP contribution in [0.3, 0.4) is 0 Å². The average molecular weight is 399 g/mol. The number of nitrogens with zero attached hydrogens (tertiary/aromatic N) is 2. The van der Waals surface area contributed by atoms with E-state index < -0.39 is 11.0 Å². The molecule has 1 atom stereocenters. The van der Waals surface area contributed by atoms with Gasteiger partial charge in [-0.2, -0.15) is 0 Å². The van der Waals surface area contributed by atoms with Gasteiger partial charge >= 0.3 is 0 Å². The maximum absolute atomic E-state index is 13.4. The van der Waals surface area contributed by atoms with Gasteiger partial charge in [-0.15, -0.1) is 0 Å². The summed E-state index contributed by atoms with van der Waals surface area (Å²) < 4.78 is 15.6. The molecule has 0 radical (unpaired) electrons. The summed E-state index contributed by atoms with van der Waals surface area (Å²) in [5.41, 5.74) is 2.49. The van der Waals surface area contributed by atoms with E-state index in [-0.39, 0.29) is 0 Å². The quantitative estimate of drug-likeness (QED) is 0.488. The van der Waals surface area contributed by atoms with Crippen molar-refractivity contribution in [2.45, 2.75) is 57.5 Å². The van der Waals surface area contributed by atoms with Crippen LogP contribution in [0.4, 0.5) is 0 Å². The van der Waals surface area contributed by atoms with Crippen LogP contribution >= 0.6 is 0 Å². The van der Waals surface area contributed by atoms with E-state index in [4.69, 9.17) is 0 Å². The standard InChI is InChI=1S/C24H34N2OS/c1-3-15-25(16-4-2)18-23-11-8-12-24(17-23)28(27)26(20-22-13-14-22)19-21-9-6-5-7-10-21/h5-12,17,22H,3-4,13-16,18-20H2,1-2H3. The van der Waals surface area contributed by atoms with Gasteiger partial charge in [-0.1, -0.05) is 56.3 Å². The number of hydrogen-bond donors (Lipinski definition) is 0. The second-order valence-corrected chi connectivity index (χ2v) is 9.41. The van der Waals surface area contributed by atoms with E-state index in [1.807, 2.05) is 12.1 Å². The van der Waals surface area contributed by atoms with Crippen molar-refractivity contribution in [2.24, 2.45) is 5.92 Å². The van der Waals surface area contributed by atoms with Gasteiger partial charge in [0.2, 0.25) is 0 Å². The fraction of sp³-hybridized carbons (Fsp3) is 0.500. The summed E-state index contributed by atoms with van der Waals surface area (Å²) in [7, 11) is -1.12. The molecule has 0 bridgehead atoms. The third-order valence-corrected chi connectivity index (χ3v) is 6.59. The summed E-state index contributed by atoms with van der Waals surface area (Å²) in [6, 6.07) is 18.8. The van der Waals surface area contributed by atoms with Gasteiger partial charge in [-0.25, -0.2) is 8.51 Å². The van der Waals surface area contributed by atoms with Crippen molar-refractivity contribution in [3.8, 4) is 0 Å². The van der Waals surface area contributed by atoms with Crippen molar-refractivity contribution in [1.29, 1.82) is 0 Å². The van der Waals surface area contributed by atoms with Crippen LogP contribution in [0.2, 0.25) is 0 Å². The Hall–Kier alpha value is -1.49. The minimum absolute atomic E-state index is 0.709. The zero-order valence-corrected chi connectivity index (χ0v) is 18.2. The van der Waals surface area contributed by atoms with Gasteiger partial charge < -0.3 is 0 Å². The molecule has 0 aliphatic heterocycles. The third-order valence-electron chi connectivity index (χ3n) is 5.18. The molecule has 3 rings (SSSR count). The molecule has 1 unspecified atom stereocenters. The number of rotatable bonds is 12. The average Bonchev–Trinajstić information content (AvgIpc) is 3.52. The minimum Gasteiger partial charge on any atom is -0.299 e. The Kier molecular flexibility index (Phi) is 8.26. The fourth-order valence-corrected chi connectivity index (χ4v) is 4.99. The third kappa shape index (κ3) is 6.54. The van der Waals surface area contributed by atoms with E-state index in [1.54, 1.807) is 0 Å². The summed E-state index contributed by atoms with van der Waals surface area (Å²) in [6.07, 6.45) is 4.87. The molecule has 0 heterocycles. The van der Waals surface area contributed by atoms with Crippen LogP contribution in [-0.4, -0.2) is 33.0 Å². The van der Waals surface area contributed by atoms with Gasteiger partial charge in [0.25, 0.3) is 0 Å². The highest BCUT2D eigenvalue weighted by Crippen LogP contribution is 2.31. The molecule has 1 saturated carbocycles. The number of hydrogen-bond acceptors (Lipinski definition) is 2. The van der Waals surface area contributed by atoms with Crippen LogP contribution in [0.1, 0.15) is 50.7 Å². The molecule has 1 aliphatic carbocycles. The van der Waals surface area contributed by atoms with Crippen molar-refractivity contribution >= 4 is 11.0 Å². The Morgan fingerprint density at radius 1 is 0.893 bits per heavy atom. The Bertz CT molecular complexity index is 739. The summed E-state index contributed by atoms with van der Waals surface area (Å²) in [5.74, 6) is 0.709. The molecular formula is C24H34N2OS. The van der Waals surface area contributed by atoms with Crippen LogP contribution in [0.15, 0.2) is 59.5 Å². The maximum atomic E-state index is 13.4. The molecule has 2 aromatic carbocycles. The van der Waals surface area contributed by atoms with Crippen molar-refractivity contribution in [2.75, 3.05) is 19.6 Å². The molecular weight excluding hydrogens is 364 g/mol. The Morgan fingerprint density at radius 2 is 1.57 bits per heavy atom. The van der Waals surface area contributed by atoms with Crippen LogP contribution < -0.4 is 0 Å². The van der Waals surface area contributed by atoms with Crippen molar-refractivity contribution in [3.05, 3.63) is 65.7 Å². The fourth-order valence-electron chi connectivity index (χ4n) is 3.63. The van der Waals surface area contributed by atoms with E-state index in [0.29, 0.717) is 5.92 Å². The smallest absolute Gasteiger partial charge is 0.127 e. The molecule has 28 heavy (non-hydrogen) atoms. The van der Waals surface area contributed by atoms with Crippen LogP contribution in [0.5, 0.6) is 0 Å². The highest BCUT2D eigenvalue weighted by molar-refractivity contribution is 7.82. The minimum atomic E-state index is -1.12. The van der Waals surface area contributed by atoms with E-state index in [1.165, 1.54) is 24.0 Å². The van der Waals surface area contributed by atoms with Gasteiger partial charge in [-0.05, 0) is 68.0 Å². The first-order valence-corrected chi connectivity index (χ1v) is 11.8. The van der Waals surface area contributed by atoms with Crippen LogP contribution in [0.25, 0.3) is 0 Å². The van der Waals surface area contributed by atoms with Gasteiger partial charge in [0.15, 0.2) is 0 Å². The molecule has 3 nitrogen and oxygen atoms in total. The second kappa shape index (κ2) is 10.9. The lowest BCUT2D eigenvalue weighted by Crippen LogP contribution is -2.28. The predicted molar refractivity (Wildman–Crippen MR) is 118 cm³/mol. The van der Waals surface area contributed by atoms with Gasteiger partial charge in [0.05, 0.1) is 4.90 Å². The largest absolute Gasteiger partial charge is 0.299 e. The zero-order chi connectivity index (χ0) is 19.8. The van der Waals surface area contributed by atoms with E-state index in [2.05, 4.69) is 65.5 Å². The topological polar surface area (TPSA) is 23.6 Å². The molecule has 0 amide bonds. The monoisotopic (exact) mass is 398 g/mol. The Morgan fingerprint density at radius 3 is 2.21 bits per heavy atom. The first kappa shape index (κ1) is 21.2. The van der Waals surface area contributed by atoms with Gasteiger partial charge in [-0.3, -0.25) is 4.90 Å².